The molecule has 0 radical (unpaired) electrons. The second-order valence-corrected chi connectivity index (χ2v) is 7.71. The zero-order valence-corrected chi connectivity index (χ0v) is 15.4. The number of halogens is 2. The molecule has 0 spiro atoms. The van der Waals surface area contributed by atoms with Gasteiger partial charge in [0.25, 0.3) is 0 Å². The Labute approximate surface area is 160 Å². The lowest BCUT2D eigenvalue weighted by Crippen LogP contribution is -2.35. The van der Waals surface area contributed by atoms with Gasteiger partial charge >= 0.3 is 0 Å². The van der Waals surface area contributed by atoms with Gasteiger partial charge in [-0.3, -0.25) is 4.98 Å². The van der Waals surface area contributed by atoms with E-state index in [4.69, 9.17) is 0 Å². The van der Waals surface area contributed by atoms with Crippen LogP contribution in [-0.4, -0.2) is 26.5 Å². The van der Waals surface area contributed by atoms with Gasteiger partial charge in [-0.15, -0.1) is 5.10 Å². The van der Waals surface area contributed by atoms with Crippen LogP contribution in [-0.2, 0) is 13.0 Å². The van der Waals surface area contributed by atoms with Crippen LogP contribution in [0.3, 0.4) is 0 Å². The molecule has 0 unspecified atom stereocenters. The van der Waals surface area contributed by atoms with Crippen molar-refractivity contribution in [1.82, 2.24) is 20.0 Å². The molecular weight excluding hydrogens is 362 g/mol. The molecule has 1 aliphatic carbocycles. The molecule has 0 saturated heterocycles. The van der Waals surface area contributed by atoms with Crippen LogP contribution in [0.5, 0.6) is 0 Å². The fourth-order valence-corrected chi connectivity index (χ4v) is 4.38. The van der Waals surface area contributed by atoms with Gasteiger partial charge in [-0.25, -0.2) is 13.5 Å². The molecule has 1 saturated carbocycles. The van der Waals surface area contributed by atoms with Crippen LogP contribution in [0.15, 0.2) is 18.3 Å². The first-order valence-electron chi connectivity index (χ1n) is 9.41. The number of hydrogen-bond acceptors (Lipinski definition) is 5. The summed E-state index contributed by atoms with van der Waals surface area (Å²) < 4.78 is 30.9. The Bertz CT molecular complexity index is 1130. The molecule has 1 aliphatic heterocycles. The summed E-state index contributed by atoms with van der Waals surface area (Å²) in [5.74, 6) is -0.507. The minimum Gasteiger partial charge on any atom is -0.363 e. The van der Waals surface area contributed by atoms with Crippen LogP contribution >= 0.6 is 0 Å². The molecule has 1 aromatic carbocycles. The summed E-state index contributed by atoms with van der Waals surface area (Å²) >= 11 is 0. The molecule has 3 aromatic rings. The van der Waals surface area contributed by atoms with E-state index in [-0.39, 0.29) is 16.5 Å². The molecular formula is C20H18F2N6. The van der Waals surface area contributed by atoms with Crippen LogP contribution < -0.4 is 4.90 Å². The molecule has 1 fully saturated rings. The zero-order chi connectivity index (χ0) is 19.4. The highest BCUT2D eigenvalue weighted by Gasteiger charge is 2.33. The predicted molar refractivity (Wildman–Crippen MR) is 98.6 cm³/mol. The normalized spacial score (nSPS) is 21.3. The maximum absolute atomic E-state index is 14.7. The van der Waals surface area contributed by atoms with Gasteiger partial charge in [-0.05, 0) is 30.9 Å². The molecule has 0 N–H and O–H groups in total. The highest BCUT2D eigenvalue weighted by Crippen LogP contribution is 2.40. The van der Waals surface area contributed by atoms with Gasteiger partial charge in [-0.1, -0.05) is 12.1 Å². The first-order valence-corrected chi connectivity index (χ1v) is 9.41. The van der Waals surface area contributed by atoms with Crippen molar-refractivity contribution in [3.05, 3.63) is 46.9 Å². The summed E-state index contributed by atoms with van der Waals surface area (Å²) in [7, 11) is 0. The molecule has 8 heteroatoms. The Morgan fingerprint density at radius 2 is 2.00 bits per heavy atom. The number of aromatic nitrogens is 4. The average molecular weight is 380 g/mol. The molecule has 0 bridgehead atoms. The van der Waals surface area contributed by atoms with Gasteiger partial charge in [0.05, 0.1) is 40.6 Å². The van der Waals surface area contributed by atoms with E-state index in [1.807, 2.05) is 9.58 Å². The summed E-state index contributed by atoms with van der Waals surface area (Å²) in [6.45, 7) is 3.22. The number of hydrogen-bond donors (Lipinski definition) is 0. The minimum absolute atomic E-state index is 0.0544. The Hall–Kier alpha value is -3.08. The Morgan fingerprint density at radius 1 is 1.21 bits per heavy atom. The Kier molecular flexibility index (Phi) is 3.79. The van der Waals surface area contributed by atoms with Crippen molar-refractivity contribution in [3.8, 4) is 6.07 Å². The molecule has 28 heavy (non-hydrogen) atoms. The van der Waals surface area contributed by atoms with Crippen molar-refractivity contribution in [2.24, 2.45) is 5.92 Å². The number of pyridine rings is 1. The first-order chi connectivity index (χ1) is 13.6. The third-order valence-corrected chi connectivity index (χ3v) is 5.85. The monoisotopic (exact) mass is 380 g/mol. The van der Waals surface area contributed by atoms with Crippen LogP contribution in [0.4, 0.5) is 14.5 Å². The van der Waals surface area contributed by atoms with Gasteiger partial charge in [0, 0.05) is 19.2 Å². The zero-order valence-electron chi connectivity index (χ0n) is 15.4. The van der Waals surface area contributed by atoms with Crippen molar-refractivity contribution in [1.29, 1.82) is 5.26 Å². The number of fused-ring (bicyclic) bond motifs is 2. The van der Waals surface area contributed by atoms with E-state index in [1.165, 1.54) is 6.20 Å². The van der Waals surface area contributed by atoms with E-state index >= 15 is 0 Å². The van der Waals surface area contributed by atoms with Crippen molar-refractivity contribution >= 4 is 16.6 Å². The maximum Gasteiger partial charge on any atom is 0.149 e. The quantitative estimate of drug-likeness (QED) is 0.680. The number of nitrogens with zero attached hydrogens (tertiary/aromatic N) is 6. The Morgan fingerprint density at radius 3 is 2.75 bits per heavy atom. The van der Waals surface area contributed by atoms with E-state index in [9.17, 15) is 14.0 Å². The second kappa shape index (κ2) is 6.23. The van der Waals surface area contributed by atoms with E-state index in [1.54, 1.807) is 0 Å². The van der Waals surface area contributed by atoms with Crippen LogP contribution in [0.1, 0.15) is 42.8 Å². The standard InChI is InChI=1S/C20H18F2N6/c1-11-6-13(7-11)28-17-10-27(5-4-16(17)25-26-28)20-12(8-23)9-24-19-15(22)3-2-14(21)18(19)20/h2-3,9,11,13H,4-7,10H2,1H3. The fraction of sp³-hybridized carbons (Fsp3) is 0.400. The summed E-state index contributed by atoms with van der Waals surface area (Å²) in [5.41, 5.74) is 2.51. The van der Waals surface area contributed by atoms with Crippen molar-refractivity contribution in [2.75, 3.05) is 11.4 Å². The number of rotatable bonds is 2. The average Bonchev–Trinajstić information content (AvgIpc) is 3.10. The molecule has 0 atom stereocenters. The van der Waals surface area contributed by atoms with Crippen LogP contribution in [0.25, 0.3) is 10.9 Å². The number of benzene rings is 1. The van der Waals surface area contributed by atoms with E-state index in [2.05, 4.69) is 28.3 Å². The van der Waals surface area contributed by atoms with E-state index < -0.39 is 11.6 Å². The molecule has 3 heterocycles. The fourth-order valence-electron chi connectivity index (χ4n) is 4.38. The first kappa shape index (κ1) is 17.0. The third-order valence-electron chi connectivity index (χ3n) is 5.85. The molecule has 2 aromatic heterocycles. The molecule has 2 aliphatic rings. The Balaban J connectivity index is 1.62. The van der Waals surface area contributed by atoms with Gasteiger partial charge in [0.2, 0.25) is 0 Å². The van der Waals surface area contributed by atoms with E-state index in [0.29, 0.717) is 37.2 Å². The van der Waals surface area contributed by atoms with Crippen LogP contribution in [0, 0.1) is 28.9 Å². The molecule has 5 rings (SSSR count). The molecule has 142 valence electrons. The summed E-state index contributed by atoms with van der Waals surface area (Å²) in [6.07, 6.45) is 4.09. The lowest BCUT2D eigenvalue weighted by Gasteiger charge is -2.36. The maximum atomic E-state index is 14.7. The second-order valence-electron chi connectivity index (χ2n) is 7.71. The van der Waals surface area contributed by atoms with Crippen molar-refractivity contribution in [3.63, 3.8) is 0 Å². The predicted octanol–water partition coefficient (Wildman–Crippen LogP) is 3.51. The van der Waals surface area contributed by atoms with E-state index in [0.717, 1.165) is 36.4 Å². The minimum atomic E-state index is -0.602. The van der Waals surface area contributed by atoms with Crippen molar-refractivity contribution in [2.45, 2.75) is 38.8 Å². The highest BCUT2D eigenvalue weighted by atomic mass is 19.1. The summed E-state index contributed by atoms with van der Waals surface area (Å²) in [5, 5.41) is 18.3. The number of nitriles is 1. The molecule has 0 amide bonds. The summed E-state index contributed by atoms with van der Waals surface area (Å²) in [4.78, 5) is 5.91. The number of anilines is 1. The van der Waals surface area contributed by atoms with Gasteiger partial charge < -0.3 is 4.90 Å². The summed E-state index contributed by atoms with van der Waals surface area (Å²) in [6, 6.07) is 4.57. The topological polar surface area (TPSA) is 70.6 Å². The highest BCUT2D eigenvalue weighted by molar-refractivity contribution is 5.95. The smallest absolute Gasteiger partial charge is 0.149 e. The molecule has 6 nitrogen and oxygen atoms in total. The third kappa shape index (κ3) is 2.46. The van der Waals surface area contributed by atoms with Gasteiger partial charge in [-0.2, -0.15) is 5.26 Å². The lowest BCUT2D eigenvalue weighted by atomic mass is 9.82. The van der Waals surface area contributed by atoms with Crippen LogP contribution in [0.2, 0.25) is 0 Å². The lowest BCUT2D eigenvalue weighted by molar-refractivity contribution is 0.193. The van der Waals surface area contributed by atoms with Gasteiger partial charge in [0.15, 0.2) is 0 Å². The SMILES string of the molecule is CC1CC(n2nnc3c2CN(c2c(C#N)cnc4c(F)ccc(F)c24)CC3)C1. The van der Waals surface area contributed by atoms with Crippen molar-refractivity contribution < 1.29 is 8.78 Å². The largest absolute Gasteiger partial charge is 0.363 e. The van der Waals surface area contributed by atoms with Gasteiger partial charge in [0.1, 0.15) is 23.2 Å².